The van der Waals surface area contributed by atoms with Crippen LogP contribution in [0.25, 0.3) is 0 Å². The molecule has 1 saturated carbocycles. The topological polar surface area (TPSA) is 41.1 Å². The third-order valence-corrected chi connectivity index (χ3v) is 4.21. The first-order valence-corrected chi connectivity index (χ1v) is 6.45. The van der Waals surface area contributed by atoms with Crippen molar-refractivity contribution in [3.63, 3.8) is 0 Å². The summed E-state index contributed by atoms with van der Waals surface area (Å²) in [5, 5.41) is 6.49. The first-order chi connectivity index (χ1) is 7.43. The Morgan fingerprint density at radius 1 is 1.38 bits per heavy atom. The van der Waals surface area contributed by atoms with Crippen molar-refractivity contribution in [2.45, 2.75) is 52.0 Å². The van der Waals surface area contributed by atoms with E-state index in [1.165, 1.54) is 0 Å². The molecule has 0 aromatic rings. The van der Waals surface area contributed by atoms with Gasteiger partial charge in [0.05, 0.1) is 0 Å². The van der Waals surface area contributed by atoms with Gasteiger partial charge in [-0.1, -0.05) is 20.8 Å². The third kappa shape index (κ3) is 2.40. The molecule has 1 aliphatic carbocycles. The first kappa shape index (κ1) is 11.9. The Kier molecular flexibility index (Phi) is 2.99. The Labute approximate surface area is 98.4 Å². The quantitative estimate of drug-likeness (QED) is 0.763. The summed E-state index contributed by atoms with van der Waals surface area (Å²) in [6.45, 7) is 8.85. The van der Waals surface area contributed by atoms with Crippen LogP contribution in [0.2, 0.25) is 0 Å². The van der Waals surface area contributed by atoms with E-state index in [1.54, 1.807) is 0 Å². The fourth-order valence-corrected chi connectivity index (χ4v) is 2.40. The van der Waals surface area contributed by atoms with Gasteiger partial charge in [-0.15, -0.1) is 0 Å². The van der Waals surface area contributed by atoms with Gasteiger partial charge in [0.25, 0.3) is 0 Å². The van der Waals surface area contributed by atoms with Crippen LogP contribution in [0.4, 0.5) is 0 Å². The van der Waals surface area contributed by atoms with Crippen LogP contribution in [0.15, 0.2) is 0 Å². The van der Waals surface area contributed by atoms with Gasteiger partial charge in [0.1, 0.15) is 0 Å². The number of rotatable bonds is 4. The van der Waals surface area contributed by atoms with Crippen molar-refractivity contribution in [2.24, 2.45) is 11.3 Å². The predicted molar refractivity (Wildman–Crippen MR) is 65.2 cm³/mol. The molecule has 1 heterocycles. The highest BCUT2D eigenvalue weighted by atomic mass is 16.1. The van der Waals surface area contributed by atoms with Crippen LogP contribution in [-0.2, 0) is 4.79 Å². The predicted octanol–water partition coefficient (Wildman–Crippen LogP) is 1.68. The number of hydrogen-bond donors (Lipinski definition) is 2. The highest BCUT2D eigenvalue weighted by Gasteiger charge is 2.52. The van der Waals surface area contributed by atoms with Crippen molar-refractivity contribution in [3.8, 4) is 0 Å². The lowest BCUT2D eigenvalue weighted by Gasteiger charge is -2.32. The van der Waals surface area contributed by atoms with Gasteiger partial charge in [-0.3, -0.25) is 4.79 Å². The molecule has 0 aromatic heterocycles. The van der Waals surface area contributed by atoms with Crippen molar-refractivity contribution in [2.75, 3.05) is 13.1 Å². The Morgan fingerprint density at radius 3 is 2.38 bits per heavy atom. The van der Waals surface area contributed by atoms with Crippen molar-refractivity contribution in [3.05, 3.63) is 0 Å². The van der Waals surface area contributed by atoms with Gasteiger partial charge in [0.2, 0.25) is 5.91 Å². The molecule has 92 valence electrons. The fourth-order valence-electron chi connectivity index (χ4n) is 2.40. The molecule has 2 rings (SSSR count). The van der Waals surface area contributed by atoms with Crippen LogP contribution in [0, 0.1) is 11.3 Å². The molecule has 1 saturated heterocycles. The summed E-state index contributed by atoms with van der Waals surface area (Å²) in [5.41, 5.74) is 0.294. The molecule has 2 aliphatic rings. The van der Waals surface area contributed by atoms with Crippen LogP contribution < -0.4 is 10.6 Å². The van der Waals surface area contributed by atoms with Crippen LogP contribution in [-0.4, -0.2) is 24.5 Å². The molecule has 3 nitrogen and oxygen atoms in total. The van der Waals surface area contributed by atoms with E-state index < -0.39 is 0 Å². The van der Waals surface area contributed by atoms with E-state index in [4.69, 9.17) is 0 Å². The van der Waals surface area contributed by atoms with E-state index in [0.717, 1.165) is 38.3 Å². The molecular weight excluding hydrogens is 200 g/mol. The fraction of sp³-hybridized carbons (Fsp3) is 0.923. The zero-order valence-electron chi connectivity index (χ0n) is 10.7. The standard InChI is InChI=1S/C13H24N2O/c1-12(2,3)13(6-7-13)15-11(16)5-4-10-8-14-9-10/h10,14H,4-9H2,1-3H3,(H,15,16). The van der Waals surface area contributed by atoms with Crippen LogP contribution in [0.3, 0.4) is 0 Å². The molecule has 2 fully saturated rings. The van der Waals surface area contributed by atoms with Crippen LogP contribution in [0.5, 0.6) is 0 Å². The van der Waals surface area contributed by atoms with E-state index in [0.29, 0.717) is 6.42 Å². The minimum absolute atomic E-state index is 0.0992. The molecule has 0 bridgehead atoms. The van der Waals surface area contributed by atoms with Gasteiger partial charge in [0, 0.05) is 12.0 Å². The van der Waals surface area contributed by atoms with E-state index in [9.17, 15) is 4.79 Å². The lowest BCUT2D eigenvalue weighted by molar-refractivity contribution is -0.123. The normalized spacial score (nSPS) is 23.7. The molecule has 0 unspecified atom stereocenters. The molecule has 1 aliphatic heterocycles. The first-order valence-electron chi connectivity index (χ1n) is 6.45. The number of nitrogens with one attached hydrogen (secondary N) is 2. The van der Waals surface area contributed by atoms with Crippen molar-refractivity contribution >= 4 is 5.91 Å². The van der Waals surface area contributed by atoms with Gasteiger partial charge < -0.3 is 10.6 Å². The zero-order valence-corrected chi connectivity index (χ0v) is 10.7. The average Bonchev–Trinajstić information content (AvgIpc) is 2.81. The minimum atomic E-state index is 0.0992. The van der Waals surface area contributed by atoms with E-state index in [1.807, 2.05) is 0 Å². The Bertz CT molecular complexity index is 272. The van der Waals surface area contributed by atoms with E-state index >= 15 is 0 Å². The van der Waals surface area contributed by atoms with Gasteiger partial charge in [0.15, 0.2) is 0 Å². The van der Waals surface area contributed by atoms with Crippen molar-refractivity contribution in [1.29, 1.82) is 0 Å². The molecule has 0 radical (unpaired) electrons. The van der Waals surface area contributed by atoms with Crippen molar-refractivity contribution in [1.82, 2.24) is 10.6 Å². The van der Waals surface area contributed by atoms with E-state index in [-0.39, 0.29) is 16.9 Å². The smallest absolute Gasteiger partial charge is 0.220 e. The molecule has 0 atom stereocenters. The summed E-state index contributed by atoms with van der Waals surface area (Å²) in [7, 11) is 0. The number of amides is 1. The third-order valence-electron chi connectivity index (χ3n) is 4.21. The van der Waals surface area contributed by atoms with Crippen molar-refractivity contribution < 1.29 is 4.79 Å². The second-order valence-corrected chi connectivity index (χ2v) is 6.44. The van der Waals surface area contributed by atoms with Gasteiger partial charge in [-0.2, -0.15) is 0 Å². The number of carbonyl (C=O) groups excluding carboxylic acids is 1. The lowest BCUT2D eigenvalue weighted by Crippen LogP contribution is -2.47. The highest BCUT2D eigenvalue weighted by molar-refractivity contribution is 5.77. The Morgan fingerprint density at radius 2 is 2.00 bits per heavy atom. The maximum atomic E-state index is 11.9. The Hall–Kier alpha value is -0.570. The summed E-state index contributed by atoms with van der Waals surface area (Å²) in [6.07, 6.45) is 4.03. The second-order valence-electron chi connectivity index (χ2n) is 6.44. The summed E-state index contributed by atoms with van der Waals surface area (Å²) in [5.74, 6) is 0.981. The minimum Gasteiger partial charge on any atom is -0.350 e. The zero-order chi connectivity index (χ0) is 11.8. The van der Waals surface area contributed by atoms with Gasteiger partial charge in [-0.05, 0) is 43.7 Å². The van der Waals surface area contributed by atoms with Crippen LogP contribution >= 0.6 is 0 Å². The van der Waals surface area contributed by atoms with Gasteiger partial charge >= 0.3 is 0 Å². The van der Waals surface area contributed by atoms with Crippen LogP contribution in [0.1, 0.15) is 46.5 Å². The largest absolute Gasteiger partial charge is 0.350 e. The molecule has 1 amide bonds. The second kappa shape index (κ2) is 4.02. The van der Waals surface area contributed by atoms with Gasteiger partial charge in [-0.25, -0.2) is 0 Å². The summed E-state index contributed by atoms with van der Waals surface area (Å²) >= 11 is 0. The molecule has 0 spiro atoms. The lowest BCUT2D eigenvalue weighted by atomic mass is 9.84. The molecule has 2 N–H and O–H groups in total. The van der Waals surface area contributed by atoms with E-state index in [2.05, 4.69) is 31.4 Å². The SMILES string of the molecule is CC(C)(C)C1(NC(=O)CCC2CNC2)CC1. The summed E-state index contributed by atoms with van der Waals surface area (Å²) < 4.78 is 0. The summed E-state index contributed by atoms with van der Waals surface area (Å²) in [6, 6.07) is 0. The summed E-state index contributed by atoms with van der Waals surface area (Å²) in [4.78, 5) is 11.9. The number of hydrogen-bond acceptors (Lipinski definition) is 2. The average molecular weight is 224 g/mol. The monoisotopic (exact) mass is 224 g/mol. The maximum absolute atomic E-state index is 11.9. The highest BCUT2D eigenvalue weighted by Crippen LogP contribution is 2.49. The number of carbonyl (C=O) groups is 1. The Balaban J connectivity index is 1.74. The molecule has 0 aromatic carbocycles. The maximum Gasteiger partial charge on any atom is 0.220 e. The molecule has 3 heteroatoms. The molecule has 16 heavy (non-hydrogen) atoms. The molecular formula is C13H24N2O.